The lowest BCUT2D eigenvalue weighted by atomic mass is 10.2. The highest BCUT2D eigenvalue weighted by molar-refractivity contribution is 6.31. The molecular formula is C17H13ClF2N4. The minimum Gasteiger partial charge on any atom is -0.366 e. The first-order chi connectivity index (χ1) is 11.6. The van der Waals surface area contributed by atoms with Gasteiger partial charge in [0.2, 0.25) is 5.95 Å². The van der Waals surface area contributed by atoms with Gasteiger partial charge in [0.15, 0.2) is 0 Å². The molecule has 0 aliphatic heterocycles. The standard InChI is InChI=1S/C17H13ClF2N4/c18-14-9-13(5-6-15(14)20)23-17-21-8-7-16(24-17)22-10-11-1-3-12(19)4-2-11/h1-9H,10H2,(H2,21,22,23,24). The second-order valence-corrected chi connectivity index (χ2v) is 5.41. The molecule has 2 N–H and O–H groups in total. The molecule has 0 saturated heterocycles. The molecule has 0 radical (unpaired) electrons. The molecule has 7 heteroatoms. The number of hydrogen-bond donors (Lipinski definition) is 2. The fourth-order valence-electron chi connectivity index (χ4n) is 2.02. The molecule has 3 rings (SSSR count). The predicted molar refractivity (Wildman–Crippen MR) is 90.5 cm³/mol. The van der Waals surface area contributed by atoms with Crippen LogP contribution in [0.4, 0.5) is 26.2 Å². The summed E-state index contributed by atoms with van der Waals surface area (Å²) in [7, 11) is 0. The number of benzene rings is 2. The van der Waals surface area contributed by atoms with Crippen molar-refractivity contribution in [3.63, 3.8) is 0 Å². The Hall–Kier alpha value is -2.73. The van der Waals surface area contributed by atoms with E-state index in [1.54, 1.807) is 30.5 Å². The summed E-state index contributed by atoms with van der Waals surface area (Å²) in [4.78, 5) is 8.41. The zero-order chi connectivity index (χ0) is 16.9. The predicted octanol–water partition coefficient (Wildman–Crippen LogP) is 4.76. The van der Waals surface area contributed by atoms with Gasteiger partial charge < -0.3 is 10.6 Å². The minimum absolute atomic E-state index is 0.0191. The van der Waals surface area contributed by atoms with Crippen LogP contribution in [0.1, 0.15) is 5.56 Å². The van der Waals surface area contributed by atoms with Gasteiger partial charge in [0.1, 0.15) is 17.5 Å². The summed E-state index contributed by atoms with van der Waals surface area (Å²) in [6, 6.07) is 12.2. The van der Waals surface area contributed by atoms with Crippen molar-refractivity contribution in [1.29, 1.82) is 0 Å². The van der Waals surface area contributed by atoms with Gasteiger partial charge in [-0.1, -0.05) is 23.7 Å². The van der Waals surface area contributed by atoms with Gasteiger partial charge in [0.05, 0.1) is 5.02 Å². The van der Waals surface area contributed by atoms with E-state index in [-0.39, 0.29) is 10.8 Å². The third kappa shape index (κ3) is 4.17. The Balaban J connectivity index is 1.67. The monoisotopic (exact) mass is 346 g/mol. The van der Waals surface area contributed by atoms with Crippen LogP contribution >= 0.6 is 11.6 Å². The summed E-state index contributed by atoms with van der Waals surface area (Å²) >= 11 is 5.75. The van der Waals surface area contributed by atoms with Crippen molar-refractivity contribution in [2.45, 2.75) is 6.54 Å². The van der Waals surface area contributed by atoms with E-state index >= 15 is 0 Å². The highest BCUT2D eigenvalue weighted by Crippen LogP contribution is 2.21. The Morgan fingerprint density at radius 1 is 1.00 bits per heavy atom. The molecule has 0 atom stereocenters. The molecule has 0 aliphatic rings. The zero-order valence-electron chi connectivity index (χ0n) is 12.4. The van der Waals surface area contributed by atoms with E-state index in [0.29, 0.717) is 24.0 Å². The molecule has 0 unspecified atom stereocenters. The SMILES string of the molecule is Fc1ccc(CNc2ccnc(Nc3ccc(F)c(Cl)c3)n2)cc1. The Morgan fingerprint density at radius 2 is 1.79 bits per heavy atom. The number of nitrogens with one attached hydrogen (secondary N) is 2. The molecule has 4 nitrogen and oxygen atoms in total. The van der Waals surface area contributed by atoms with Crippen molar-refractivity contribution in [2.24, 2.45) is 0 Å². The van der Waals surface area contributed by atoms with E-state index < -0.39 is 5.82 Å². The van der Waals surface area contributed by atoms with Crippen LogP contribution in [-0.4, -0.2) is 9.97 Å². The maximum atomic E-state index is 13.2. The molecule has 1 aromatic heterocycles. The van der Waals surface area contributed by atoms with Crippen molar-refractivity contribution in [1.82, 2.24) is 9.97 Å². The van der Waals surface area contributed by atoms with Crippen LogP contribution in [0, 0.1) is 11.6 Å². The molecule has 1 heterocycles. The van der Waals surface area contributed by atoms with E-state index in [1.165, 1.54) is 24.3 Å². The number of aromatic nitrogens is 2. The lowest BCUT2D eigenvalue weighted by molar-refractivity contribution is 0.627. The average molecular weight is 347 g/mol. The quantitative estimate of drug-likeness (QED) is 0.699. The van der Waals surface area contributed by atoms with E-state index in [4.69, 9.17) is 11.6 Å². The Bertz CT molecular complexity index is 840. The van der Waals surface area contributed by atoms with Gasteiger partial charge in [0.25, 0.3) is 0 Å². The number of nitrogens with zero attached hydrogens (tertiary/aromatic N) is 2. The normalized spacial score (nSPS) is 10.5. The van der Waals surface area contributed by atoms with Crippen LogP contribution in [0.2, 0.25) is 5.02 Å². The van der Waals surface area contributed by atoms with Crippen molar-refractivity contribution in [3.8, 4) is 0 Å². The maximum Gasteiger partial charge on any atom is 0.229 e. The third-order valence-electron chi connectivity index (χ3n) is 3.22. The molecule has 0 fully saturated rings. The number of rotatable bonds is 5. The van der Waals surface area contributed by atoms with Crippen molar-refractivity contribution in [2.75, 3.05) is 10.6 Å². The van der Waals surface area contributed by atoms with Crippen molar-refractivity contribution in [3.05, 3.63) is 76.9 Å². The Morgan fingerprint density at radius 3 is 2.54 bits per heavy atom. The van der Waals surface area contributed by atoms with Crippen LogP contribution in [-0.2, 0) is 6.54 Å². The topological polar surface area (TPSA) is 49.8 Å². The van der Waals surface area contributed by atoms with E-state index in [0.717, 1.165) is 5.56 Å². The van der Waals surface area contributed by atoms with E-state index in [1.807, 2.05) is 0 Å². The Labute approximate surface area is 142 Å². The van der Waals surface area contributed by atoms with Gasteiger partial charge in [-0.05, 0) is 42.0 Å². The first-order valence-electron chi connectivity index (χ1n) is 7.13. The van der Waals surface area contributed by atoms with E-state index in [2.05, 4.69) is 20.6 Å². The summed E-state index contributed by atoms with van der Waals surface area (Å²) in [5.41, 5.74) is 1.51. The molecular weight excluding hydrogens is 334 g/mol. The van der Waals surface area contributed by atoms with Gasteiger partial charge in [-0.25, -0.2) is 13.8 Å². The van der Waals surface area contributed by atoms with Crippen molar-refractivity contribution < 1.29 is 8.78 Å². The number of hydrogen-bond acceptors (Lipinski definition) is 4. The van der Waals surface area contributed by atoms with Gasteiger partial charge in [-0.2, -0.15) is 4.98 Å². The molecule has 0 saturated carbocycles. The molecule has 0 bridgehead atoms. The molecule has 0 spiro atoms. The smallest absolute Gasteiger partial charge is 0.229 e. The molecule has 24 heavy (non-hydrogen) atoms. The second-order valence-electron chi connectivity index (χ2n) is 5.00. The van der Waals surface area contributed by atoms with Gasteiger partial charge in [0, 0.05) is 18.4 Å². The first kappa shape index (κ1) is 16.1. The highest BCUT2D eigenvalue weighted by Gasteiger charge is 2.04. The largest absolute Gasteiger partial charge is 0.366 e. The summed E-state index contributed by atoms with van der Waals surface area (Å²) in [5.74, 6) is 0.190. The van der Waals surface area contributed by atoms with Crippen molar-refractivity contribution >= 4 is 29.1 Å². The van der Waals surface area contributed by atoms with Crippen LogP contribution in [0.25, 0.3) is 0 Å². The Kier molecular flexibility index (Phi) is 4.86. The summed E-state index contributed by atoms with van der Waals surface area (Å²) in [6.07, 6.45) is 1.59. The summed E-state index contributed by atoms with van der Waals surface area (Å²) < 4.78 is 26.0. The number of anilines is 3. The van der Waals surface area contributed by atoms with Crippen LogP contribution in [0.3, 0.4) is 0 Å². The maximum absolute atomic E-state index is 13.2. The highest BCUT2D eigenvalue weighted by atomic mass is 35.5. The van der Waals surface area contributed by atoms with Gasteiger partial charge in [-0.3, -0.25) is 0 Å². The third-order valence-corrected chi connectivity index (χ3v) is 3.51. The lowest BCUT2D eigenvalue weighted by Crippen LogP contribution is -2.04. The van der Waals surface area contributed by atoms with Crippen LogP contribution < -0.4 is 10.6 Å². The van der Waals surface area contributed by atoms with Gasteiger partial charge >= 0.3 is 0 Å². The van der Waals surface area contributed by atoms with E-state index in [9.17, 15) is 8.78 Å². The summed E-state index contributed by atoms with van der Waals surface area (Å²) in [6.45, 7) is 0.499. The summed E-state index contributed by atoms with van der Waals surface area (Å²) in [5, 5.41) is 6.10. The molecule has 0 aliphatic carbocycles. The average Bonchev–Trinajstić information content (AvgIpc) is 2.58. The molecule has 122 valence electrons. The fraction of sp³-hybridized carbons (Fsp3) is 0.0588. The molecule has 3 aromatic rings. The first-order valence-corrected chi connectivity index (χ1v) is 7.51. The molecule has 0 amide bonds. The molecule has 2 aromatic carbocycles. The van der Waals surface area contributed by atoms with Crippen LogP contribution in [0.5, 0.6) is 0 Å². The van der Waals surface area contributed by atoms with Gasteiger partial charge in [-0.15, -0.1) is 0 Å². The lowest BCUT2D eigenvalue weighted by Gasteiger charge is -2.09. The fourth-order valence-corrected chi connectivity index (χ4v) is 2.20. The number of halogens is 3. The van der Waals surface area contributed by atoms with Crippen LogP contribution in [0.15, 0.2) is 54.7 Å². The minimum atomic E-state index is -0.488. The zero-order valence-corrected chi connectivity index (χ0v) is 13.2. The second kappa shape index (κ2) is 7.23.